The van der Waals surface area contributed by atoms with Gasteiger partial charge >= 0.3 is 6.09 Å². The van der Waals surface area contributed by atoms with E-state index in [4.69, 9.17) is 16.3 Å². The zero-order valence-corrected chi connectivity index (χ0v) is 9.93. The molecule has 16 heavy (non-hydrogen) atoms. The molecule has 0 unspecified atom stereocenters. The number of amides is 1. The average Bonchev–Trinajstić information content (AvgIpc) is 2.08. The molecule has 0 radical (unpaired) electrons. The fraction of sp³-hybridized carbons (Fsp3) is 0.400. The van der Waals surface area contributed by atoms with Crippen LogP contribution < -0.4 is 5.32 Å². The molecule has 88 valence electrons. The van der Waals surface area contributed by atoms with Crippen molar-refractivity contribution < 1.29 is 13.9 Å². The van der Waals surface area contributed by atoms with Gasteiger partial charge in [-0.2, -0.15) is 4.39 Å². The summed E-state index contributed by atoms with van der Waals surface area (Å²) in [6.45, 7) is 5.22. The summed E-state index contributed by atoms with van der Waals surface area (Å²) in [5.74, 6) is -0.781. The Bertz CT molecular complexity index is 404. The zero-order valence-electron chi connectivity index (χ0n) is 9.17. The van der Waals surface area contributed by atoms with Crippen LogP contribution >= 0.6 is 11.6 Å². The molecule has 0 aliphatic rings. The Morgan fingerprint density at radius 2 is 2.19 bits per heavy atom. The lowest BCUT2D eigenvalue weighted by Gasteiger charge is -2.19. The molecular formula is C10H12ClFN2O2. The van der Waals surface area contributed by atoms with E-state index in [1.807, 2.05) is 0 Å². The van der Waals surface area contributed by atoms with Gasteiger partial charge in [-0.15, -0.1) is 0 Å². The molecule has 0 fully saturated rings. The van der Waals surface area contributed by atoms with E-state index in [1.54, 1.807) is 20.8 Å². The summed E-state index contributed by atoms with van der Waals surface area (Å²) in [6, 6.07) is 1.26. The van der Waals surface area contributed by atoms with Crippen molar-refractivity contribution in [2.75, 3.05) is 5.32 Å². The van der Waals surface area contributed by atoms with Gasteiger partial charge in [0.15, 0.2) is 0 Å². The third kappa shape index (κ3) is 4.02. The van der Waals surface area contributed by atoms with Gasteiger partial charge in [0.05, 0.1) is 16.9 Å². The van der Waals surface area contributed by atoms with Crippen LogP contribution in [0.25, 0.3) is 0 Å². The predicted octanol–water partition coefficient (Wildman–Crippen LogP) is 3.22. The molecule has 6 heteroatoms. The standard InChI is InChI=1S/C10H12ClFN2O2/c1-10(2,3)16-9(15)14-6-4-7(11)8(12)13-5-6/h4-5H,1-3H3,(H,14,15). The summed E-state index contributed by atoms with van der Waals surface area (Å²) < 4.78 is 17.7. The number of anilines is 1. The molecule has 0 bridgehead atoms. The number of ether oxygens (including phenoxy) is 1. The van der Waals surface area contributed by atoms with Crippen molar-refractivity contribution >= 4 is 23.4 Å². The van der Waals surface area contributed by atoms with Gasteiger partial charge in [0.1, 0.15) is 5.60 Å². The van der Waals surface area contributed by atoms with Gasteiger partial charge in [0.25, 0.3) is 0 Å². The molecule has 0 aliphatic carbocycles. The molecule has 0 atom stereocenters. The Morgan fingerprint density at radius 3 is 2.69 bits per heavy atom. The SMILES string of the molecule is CC(C)(C)OC(=O)Nc1cnc(F)c(Cl)c1. The van der Waals surface area contributed by atoms with E-state index in [2.05, 4.69) is 10.3 Å². The van der Waals surface area contributed by atoms with Crippen molar-refractivity contribution in [2.45, 2.75) is 26.4 Å². The predicted molar refractivity (Wildman–Crippen MR) is 59.1 cm³/mol. The third-order valence-corrected chi connectivity index (χ3v) is 1.71. The fourth-order valence-corrected chi connectivity index (χ4v) is 1.08. The van der Waals surface area contributed by atoms with Crippen LogP contribution in [-0.4, -0.2) is 16.7 Å². The maximum Gasteiger partial charge on any atom is 0.412 e. The van der Waals surface area contributed by atoms with Crippen molar-refractivity contribution in [2.24, 2.45) is 0 Å². The highest BCUT2D eigenvalue weighted by molar-refractivity contribution is 6.30. The Kier molecular flexibility index (Phi) is 3.70. The summed E-state index contributed by atoms with van der Waals surface area (Å²) in [6.07, 6.45) is 0.516. The van der Waals surface area contributed by atoms with Gasteiger partial charge in [0.2, 0.25) is 5.95 Å². The Hall–Kier alpha value is -1.36. The van der Waals surface area contributed by atoms with Gasteiger partial charge in [-0.3, -0.25) is 5.32 Å². The summed E-state index contributed by atoms with van der Waals surface area (Å²) in [4.78, 5) is 14.7. The number of hydrogen-bond donors (Lipinski definition) is 1. The summed E-state index contributed by atoms with van der Waals surface area (Å²) in [5, 5.41) is 2.23. The number of carbonyl (C=O) groups is 1. The summed E-state index contributed by atoms with van der Waals surface area (Å²) in [7, 11) is 0. The molecule has 0 saturated carbocycles. The van der Waals surface area contributed by atoms with E-state index in [1.165, 1.54) is 6.07 Å². The minimum atomic E-state index is -0.781. The first-order valence-corrected chi connectivity index (χ1v) is 4.97. The summed E-state index contributed by atoms with van der Waals surface area (Å²) >= 11 is 5.50. The molecule has 0 aliphatic heterocycles. The topological polar surface area (TPSA) is 51.2 Å². The molecular weight excluding hydrogens is 235 g/mol. The molecule has 4 nitrogen and oxygen atoms in total. The van der Waals surface area contributed by atoms with Gasteiger partial charge in [-0.05, 0) is 26.8 Å². The molecule has 1 aromatic heterocycles. The second-order valence-corrected chi connectivity index (χ2v) is 4.53. The van der Waals surface area contributed by atoms with Crippen molar-refractivity contribution in [3.63, 3.8) is 0 Å². The van der Waals surface area contributed by atoms with Crippen LogP contribution in [0.1, 0.15) is 20.8 Å². The number of nitrogens with zero attached hydrogens (tertiary/aromatic N) is 1. The van der Waals surface area contributed by atoms with Crippen LogP contribution in [-0.2, 0) is 4.74 Å². The largest absolute Gasteiger partial charge is 0.444 e. The Balaban J connectivity index is 2.67. The normalized spacial score (nSPS) is 11.1. The van der Waals surface area contributed by atoms with E-state index < -0.39 is 17.6 Å². The number of hydrogen-bond acceptors (Lipinski definition) is 3. The van der Waals surface area contributed by atoms with Gasteiger partial charge in [-0.1, -0.05) is 11.6 Å². The highest BCUT2D eigenvalue weighted by atomic mass is 35.5. The van der Waals surface area contributed by atoms with Crippen LogP contribution in [0, 0.1) is 5.95 Å². The summed E-state index contributed by atoms with van der Waals surface area (Å²) in [5.41, 5.74) is -0.318. The first kappa shape index (κ1) is 12.7. The minimum absolute atomic E-state index is 0.159. The second kappa shape index (κ2) is 4.65. The average molecular weight is 247 g/mol. The number of nitrogens with one attached hydrogen (secondary N) is 1. The van der Waals surface area contributed by atoms with Gasteiger partial charge in [0, 0.05) is 0 Å². The highest BCUT2D eigenvalue weighted by Gasteiger charge is 2.16. The first-order chi connectivity index (χ1) is 7.28. The zero-order chi connectivity index (χ0) is 12.3. The van der Waals surface area contributed by atoms with Crippen LogP contribution in [0.4, 0.5) is 14.9 Å². The number of pyridine rings is 1. The van der Waals surface area contributed by atoms with Crippen LogP contribution in [0.2, 0.25) is 5.02 Å². The van der Waals surface area contributed by atoms with E-state index in [0.29, 0.717) is 0 Å². The number of aromatic nitrogens is 1. The minimum Gasteiger partial charge on any atom is -0.444 e. The molecule has 0 aromatic carbocycles. The number of carbonyl (C=O) groups excluding carboxylic acids is 1. The van der Waals surface area contributed by atoms with Gasteiger partial charge in [-0.25, -0.2) is 9.78 Å². The van der Waals surface area contributed by atoms with E-state index >= 15 is 0 Å². The number of halogens is 2. The Labute approximate surface area is 97.8 Å². The number of rotatable bonds is 1. The van der Waals surface area contributed by atoms with Crippen molar-refractivity contribution in [1.29, 1.82) is 0 Å². The third-order valence-electron chi connectivity index (χ3n) is 1.44. The quantitative estimate of drug-likeness (QED) is 0.774. The highest BCUT2D eigenvalue weighted by Crippen LogP contribution is 2.17. The lowest BCUT2D eigenvalue weighted by Crippen LogP contribution is -2.27. The van der Waals surface area contributed by atoms with E-state index in [-0.39, 0.29) is 10.7 Å². The first-order valence-electron chi connectivity index (χ1n) is 4.59. The fourth-order valence-electron chi connectivity index (χ4n) is 0.911. The van der Waals surface area contributed by atoms with Crippen molar-refractivity contribution in [1.82, 2.24) is 4.98 Å². The van der Waals surface area contributed by atoms with Gasteiger partial charge < -0.3 is 4.74 Å². The van der Waals surface area contributed by atoms with Crippen molar-refractivity contribution in [3.8, 4) is 0 Å². The molecule has 0 saturated heterocycles. The smallest absolute Gasteiger partial charge is 0.412 e. The lowest BCUT2D eigenvalue weighted by atomic mass is 10.2. The van der Waals surface area contributed by atoms with Crippen LogP contribution in [0.3, 0.4) is 0 Å². The maximum atomic E-state index is 12.7. The molecule has 1 heterocycles. The van der Waals surface area contributed by atoms with Crippen LogP contribution in [0.5, 0.6) is 0 Å². The molecule has 1 N–H and O–H groups in total. The molecule has 1 rings (SSSR count). The maximum absolute atomic E-state index is 12.7. The molecule has 1 aromatic rings. The lowest BCUT2D eigenvalue weighted by molar-refractivity contribution is 0.0636. The van der Waals surface area contributed by atoms with Crippen LogP contribution in [0.15, 0.2) is 12.3 Å². The van der Waals surface area contributed by atoms with Crippen molar-refractivity contribution in [3.05, 3.63) is 23.2 Å². The monoisotopic (exact) mass is 246 g/mol. The second-order valence-electron chi connectivity index (χ2n) is 4.12. The Morgan fingerprint density at radius 1 is 1.56 bits per heavy atom. The molecule has 1 amide bonds. The van der Waals surface area contributed by atoms with E-state index in [0.717, 1.165) is 6.20 Å². The van der Waals surface area contributed by atoms with E-state index in [9.17, 15) is 9.18 Å². The molecule has 0 spiro atoms.